The number of hydrogen-bond donors (Lipinski definition) is 0. The average Bonchev–Trinajstić information content (AvgIpc) is 2.97. The van der Waals surface area contributed by atoms with Crippen LogP contribution in [0.15, 0.2) is 18.2 Å². The van der Waals surface area contributed by atoms with Crippen LogP contribution in [-0.4, -0.2) is 54.0 Å². The molecular weight excluding hydrogens is 286 g/mol. The molecule has 3 heterocycles. The summed E-state index contributed by atoms with van der Waals surface area (Å²) in [4.78, 5) is 6.88. The molecule has 1 atom stereocenters. The van der Waals surface area contributed by atoms with Crippen LogP contribution >= 0.6 is 0 Å². The van der Waals surface area contributed by atoms with E-state index in [-0.39, 0.29) is 5.54 Å². The number of aryl methyl sites for hydroxylation is 1. The summed E-state index contributed by atoms with van der Waals surface area (Å²) in [6.07, 6.45) is 4.23. The summed E-state index contributed by atoms with van der Waals surface area (Å²) in [6.45, 7) is 5.26. The molecule has 0 aliphatic carbocycles. The Hall–Kier alpha value is -0.980. The number of sulfonamides is 1. The van der Waals surface area contributed by atoms with E-state index >= 15 is 0 Å². The van der Waals surface area contributed by atoms with Gasteiger partial charge in [0.25, 0.3) is 0 Å². The molecule has 1 spiro atoms. The average molecular weight is 309 g/mol. The number of aromatic nitrogens is 1. The van der Waals surface area contributed by atoms with Gasteiger partial charge in [-0.3, -0.25) is 9.88 Å². The normalized spacial score (nSPS) is 27.7. The summed E-state index contributed by atoms with van der Waals surface area (Å²) in [5, 5.41) is 0. The van der Waals surface area contributed by atoms with Crippen molar-refractivity contribution in [2.75, 3.05) is 25.9 Å². The van der Waals surface area contributed by atoms with Crippen molar-refractivity contribution in [3.63, 3.8) is 0 Å². The fourth-order valence-corrected chi connectivity index (χ4v) is 5.24. The second kappa shape index (κ2) is 5.34. The Balaban J connectivity index is 1.73. The van der Waals surface area contributed by atoms with Gasteiger partial charge in [-0.1, -0.05) is 6.07 Å². The molecule has 0 N–H and O–H groups in total. The zero-order valence-corrected chi connectivity index (χ0v) is 13.6. The SMILES string of the molecule is Cc1cccc(CN2CC[C@]3(CCCN3S(C)(=O)=O)C2)n1. The Kier molecular flexibility index (Phi) is 3.80. The number of rotatable bonds is 3. The highest BCUT2D eigenvalue weighted by Crippen LogP contribution is 2.39. The van der Waals surface area contributed by atoms with Gasteiger partial charge in [-0.15, -0.1) is 0 Å². The van der Waals surface area contributed by atoms with Crippen LogP contribution in [-0.2, 0) is 16.6 Å². The predicted molar refractivity (Wildman–Crippen MR) is 82.4 cm³/mol. The van der Waals surface area contributed by atoms with Crippen LogP contribution in [0.1, 0.15) is 30.7 Å². The maximum absolute atomic E-state index is 12.0. The molecule has 6 heteroatoms. The van der Waals surface area contributed by atoms with Crippen LogP contribution in [0.25, 0.3) is 0 Å². The molecule has 2 saturated heterocycles. The molecule has 21 heavy (non-hydrogen) atoms. The summed E-state index contributed by atoms with van der Waals surface area (Å²) in [5.74, 6) is 0. The molecule has 0 amide bonds. The largest absolute Gasteiger partial charge is 0.296 e. The van der Waals surface area contributed by atoms with Crippen LogP contribution in [0.5, 0.6) is 0 Å². The maximum Gasteiger partial charge on any atom is 0.211 e. The van der Waals surface area contributed by atoms with Crippen molar-refractivity contribution in [2.45, 2.75) is 38.3 Å². The molecule has 2 aliphatic rings. The summed E-state index contributed by atoms with van der Waals surface area (Å²) < 4.78 is 25.7. The first-order chi connectivity index (χ1) is 9.89. The summed E-state index contributed by atoms with van der Waals surface area (Å²) >= 11 is 0. The number of hydrogen-bond acceptors (Lipinski definition) is 4. The molecule has 0 saturated carbocycles. The van der Waals surface area contributed by atoms with Crippen molar-refractivity contribution >= 4 is 10.0 Å². The molecule has 1 aromatic heterocycles. The number of likely N-dealkylation sites (tertiary alicyclic amines) is 1. The van der Waals surface area contributed by atoms with E-state index in [0.29, 0.717) is 6.54 Å². The lowest BCUT2D eigenvalue weighted by Gasteiger charge is -2.33. The van der Waals surface area contributed by atoms with E-state index in [1.54, 1.807) is 4.31 Å². The Bertz CT molecular complexity index is 632. The lowest BCUT2D eigenvalue weighted by atomic mass is 9.97. The minimum Gasteiger partial charge on any atom is -0.296 e. The highest BCUT2D eigenvalue weighted by atomic mass is 32.2. The number of pyridine rings is 1. The van der Waals surface area contributed by atoms with Crippen LogP contribution in [0.2, 0.25) is 0 Å². The van der Waals surface area contributed by atoms with Crippen LogP contribution in [0.3, 0.4) is 0 Å². The van der Waals surface area contributed by atoms with E-state index in [1.807, 2.05) is 25.1 Å². The predicted octanol–water partition coefficient (Wildman–Crippen LogP) is 1.39. The lowest BCUT2D eigenvalue weighted by molar-refractivity contribution is 0.224. The first kappa shape index (κ1) is 14.9. The van der Waals surface area contributed by atoms with Gasteiger partial charge in [0.1, 0.15) is 0 Å². The second-order valence-electron chi connectivity index (χ2n) is 6.39. The minimum atomic E-state index is -3.11. The molecule has 0 bridgehead atoms. The van der Waals surface area contributed by atoms with Gasteiger partial charge in [0.2, 0.25) is 10.0 Å². The molecular formula is C15H23N3O2S. The van der Waals surface area contributed by atoms with Crippen molar-refractivity contribution in [1.82, 2.24) is 14.2 Å². The van der Waals surface area contributed by atoms with Crippen LogP contribution < -0.4 is 0 Å². The van der Waals surface area contributed by atoms with Crippen molar-refractivity contribution < 1.29 is 8.42 Å². The third-order valence-corrected chi connectivity index (χ3v) is 6.05. The molecule has 0 radical (unpaired) electrons. The lowest BCUT2D eigenvalue weighted by Crippen LogP contribution is -2.48. The van der Waals surface area contributed by atoms with Gasteiger partial charge in [-0.2, -0.15) is 4.31 Å². The molecule has 1 aromatic rings. The van der Waals surface area contributed by atoms with Crippen molar-refractivity contribution in [3.8, 4) is 0 Å². The topological polar surface area (TPSA) is 53.5 Å². The van der Waals surface area contributed by atoms with Gasteiger partial charge in [0.15, 0.2) is 0 Å². The number of nitrogens with zero attached hydrogens (tertiary/aromatic N) is 3. The minimum absolute atomic E-state index is 0.169. The van der Waals surface area contributed by atoms with Gasteiger partial charge in [-0.25, -0.2) is 8.42 Å². The standard InChI is InChI=1S/C15H23N3O2S/c1-13-5-3-6-14(16-13)11-17-10-8-15(12-17)7-4-9-18(15)21(2,19)20/h3,5-6H,4,7-12H2,1-2H3/t15-/m1/s1. The van der Waals surface area contributed by atoms with Gasteiger partial charge in [0, 0.05) is 37.4 Å². The zero-order chi connectivity index (χ0) is 15.1. The molecule has 3 rings (SSSR count). The van der Waals surface area contributed by atoms with Crippen LogP contribution in [0.4, 0.5) is 0 Å². The zero-order valence-electron chi connectivity index (χ0n) is 12.7. The fourth-order valence-electron chi connectivity index (χ4n) is 3.83. The van der Waals surface area contributed by atoms with Crippen LogP contribution in [0, 0.1) is 6.92 Å². The fraction of sp³-hybridized carbons (Fsp3) is 0.667. The second-order valence-corrected chi connectivity index (χ2v) is 8.30. The van der Waals surface area contributed by atoms with Gasteiger partial charge in [0.05, 0.1) is 11.9 Å². The van der Waals surface area contributed by atoms with E-state index < -0.39 is 10.0 Å². The Morgan fingerprint density at radius 1 is 1.29 bits per heavy atom. The smallest absolute Gasteiger partial charge is 0.211 e. The molecule has 2 aliphatic heterocycles. The van der Waals surface area contributed by atoms with E-state index in [1.165, 1.54) is 6.26 Å². The van der Waals surface area contributed by atoms with Crippen molar-refractivity contribution in [3.05, 3.63) is 29.6 Å². The summed E-state index contributed by atoms with van der Waals surface area (Å²) in [6, 6.07) is 6.07. The molecule has 0 aromatic carbocycles. The third-order valence-electron chi connectivity index (χ3n) is 4.68. The first-order valence-electron chi connectivity index (χ1n) is 7.52. The monoisotopic (exact) mass is 309 g/mol. The summed E-state index contributed by atoms with van der Waals surface area (Å²) in [5.41, 5.74) is 1.92. The van der Waals surface area contributed by atoms with E-state index in [4.69, 9.17) is 0 Å². The quantitative estimate of drug-likeness (QED) is 0.847. The highest BCUT2D eigenvalue weighted by molar-refractivity contribution is 7.88. The molecule has 0 unspecified atom stereocenters. The first-order valence-corrected chi connectivity index (χ1v) is 9.37. The van der Waals surface area contributed by atoms with E-state index in [0.717, 1.165) is 50.3 Å². The molecule has 2 fully saturated rings. The Labute approximate surface area is 127 Å². The van der Waals surface area contributed by atoms with Crippen molar-refractivity contribution in [2.24, 2.45) is 0 Å². The molecule has 5 nitrogen and oxygen atoms in total. The Morgan fingerprint density at radius 2 is 2.10 bits per heavy atom. The summed E-state index contributed by atoms with van der Waals surface area (Å²) in [7, 11) is -3.11. The maximum atomic E-state index is 12.0. The van der Waals surface area contributed by atoms with Crippen molar-refractivity contribution in [1.29, 1.82) is 0 Å². The van der Waals surface area contributed by atoms with Gasteiger partial charge < -0.3 is 0 Å². The molecule has 116 valence electrons. The van der Waals surface area contributed by atoms with Gasteiger partial charge >= 0.3 is 0 Å². The highest BCUT2D eigenvalue weighted by Gasteiger charge is 2.49. The van der Waals surface area contributed by atoms with E-state index in [2.05, 4.69) is 9.88 Å². The Morgan fingerprint density at radius 3 is 2.81 bits per heavy atom. The third kappa shape index (κ3) is 2.98. The van der Waals surface area contributed by atoms with E-state index in [9.17, 15) is 8.42 Å². The van der Waals surface area contributed by atoms with Gasteiger partial charge in [-0.05, 0) is 38.3 Å².